The number of unbranched alkanes of at least 4 members (excludes halogenated alkanes) is 1. The monoisotopic (exact) mass is 246 g/mol. The maximum atomic E-state index is 8.72. The van der Waals surface area contributed by atoms with Crippen LogP contribution >= 0.6 is 0 Å². The van der Waals surface area contributed by atoms with E-state index in [1.54, 1.807) is 0 Å². The zero-order valence-corrected chi connectivity index (χ0v) is 13.0. The molecule has 3 heteroatoms. The first-order chi connectivity index (χ1) is 7.20. The maximum Gasteiger partial charge on any atom is 0.191 e. The van der Waals surface area contributed by atoms with Crippen LogP contribution in [0.2, 0.25) is 18.1 Å². The van der Waals surface area contributed by atoms with Crippen molar-refractivity contribution in [3.8, 4) is 0 Å². The molecular formula is C13H30O2Si. The molecule has 0 aromatic rings. The highest BCUT2D eigenvalue weighted by molar-refractivity contribution is 6.74. The van der Waals surface area contributed by atoms with Crippen molar-refractivity contribution in [2.75, 3.05) is 13.2 Å². The van der Waals surface area contributed by atoms with Crippen LogP contribution in [-0.2, 0) is 4.43 Å². The zero-order valence-electron chi connectivity index (χ0n) is 12.0. The largest absolute Gasteiger partial charge is 0.417 e. The van der Waals surface area contributed by atoms with Crippen LogP contribution < -0.4 is 0 Å². The smallest absolute Gasteiger partial charge is 0.191 e. The summed E-state index contributed by atoms with van der Waals surface area (Å²) in [6.07, 6.45) is 3.19. The molecule has 16 heavy (non-hydrogen) atoms. The predicted molar refractivity (Wildman–Crippen MR) is 73.2 cm³/mol. The quantitative estimate of drug-likeness (QED) is 0.547. The van der Waals surface area contributed by atoms with Crippen LogP contribution in [0.25, 0.3) is 0 Å². The van der Waals surface area contributed by atoms with Crippen molar-refractivity contribution >= 4 is 8.32 Å². The van der Waals surface area contributed by atoms with E-state index in [4.69, 9.17) is 9.53 Å². The van der Waals surface area contributed by atoms with E-state index in [-0.39, 0.29) is 0 Å². The van der Waals surface area contributed by atoms with Gasteiger partial charge in [0.25, 0.3) is 0 Å². The Bertz CT molecular complexity index is 185. The molecular weight excluding hydrogens is 216 g/mol. The fraction of sp³-hybridized carbons (Fsp3) is 1.00. The summed E-state index contributed by atoms with van der Waals surface area (Å²) in [7, 11) is -1.56. The lowest BCUT2D eigenvalue weighted by molar-refractivity contribution is 0.222. The van der Waals surface area contributed by atoms with Crippen molar-refractivity contribution in [2.24, 2.45) is 5.92 Å². The molecule has 1 N–H and O–H groups in total. The van der Waals surface area contributed by atoms with Crippen molar-refractivity contribution < 1.29 is 9.53 Å². The summed E-state index contributed by atoms with van der Waals surface area (Å²) >= 11 is 0. The Kier molecular flexibility index (Phi) is 6.83. The number of hydrogen-bond acceptors (Lipinski definition) is 2. The molecule has 2 nitrogen and oxygen atoms in total. The second-order valence-electron chi connectivity index (χ2n) is 6.40. The van der Waals surface area contributed by atoms with Crippen LogP contribution in [0.3, 0.4) is 0 Å². The highest BCUT2D eigenvalue weighted by Crippen LogP contribution is 2.36. The van der Waals surface area contributed by atoms with Crippen molar-refractivity contribution in [2.45, 2.75) is 65.1 Å². The minimum Gasteiger partial charge on any atom is -0.417 e. The van der Waals surface area contributed by atoms with E-state index in [0.717, 1.165) is 25.9 Å². The third-order valence-electron chi connectivity index (χ3n) is 3.64. The van der Waals surface area contributed by atoms with Gasteiger partial charge in [0.2, 0.25) is 0 Å². The highest BCUT2D eigenvalue weighted by Gasteiger charge is 2.37. The van der Waals surface area contributed by atoms with E-state index in [0.29, 0.717) is 17.6 Å². The third kappa shape index (κ3) is 6.02. The number of rotatable bonds is 7. The van der Waals surface area contributed by atoms with Gasteiger partial charge >= 0.3 is 0 Å². The van der Waals surface area contributed by atoms with E-state index >= 15 is 0 Å². The topological polar surface area (TPSA) is 29.5 Å². The molecule has 0 amide bonds. The standard InChI is InChI=1S/C13H30O2Si/c1-12(9-7-8-10-14)11-15-16(5,6)13(2,3)4/h12,14H,7-11H2,1-6H3/t12-/m0/s1. The summed E-state index contributed by atoms with van der Waals surface area (Å²) in [5.74, 6) is 0.612. The molecule has 0 aliphatic rings. The van der Waals surface area contributed by atoms with Gasteiger partial charge in [-0.2, -0.15) is 0 Å². The van der Waals surface area contributed by atoms with Crippen LogP contribution in [0, 0.1) is 5.92 Å². The normalized spacial score (nSPS) is 15.2. The van der Waals surface area contributed by atoms with Gasteiger partial charge in [-0.15, -0.1) is 0 Å². The Balaban J connectivity index is 3.86. The summed E-state index contributed by atoms with van der Waals surface area (Å²) in [4.78, 5) is 0. The van der Waals surface area contributed by atoms with E-state index in [9.17, 15) is 0 Å². The summed E-state index contributed by atoms with van der Waals surface area (Å²) in [5, 5.41) is 9.02. The molecule has 1 atom stereocenters. The molecule has 98 valence electrons. The molecule has 0 unspecified atom stereocenters. The van der Waals surface area contributed by atoms with Crippen molar-refractivity contribution in [1.82, 2.24) is 0 Å². The second-order valence-corrected chi connectivity index (χ2v) is 11.2. The fourth-order valence-electron chi connectivity index (χ4n) is 1.26. The first kappa shape index (κ1) is 16.1. The molecule has 0 rings (SSSR count). The maximum absolute atomic E-state index is 8.72. The summed E-state index contributed by atoms with van der Waals surface area (Å²) in [6, 6.07) is 0. The average Bonchev–Trinajstić information content (AvgIpc) is 2.13. The first-order valence-electron chi connectivity index (χ1n) is 6.45. The van der Waals surface area contributed by atoms with Crippen LogP contribution in [0.5, 0.6) is 0 Å². The molecule has 0 bridgehead atoms. The van der Waals surface area contributed by atoms with Gasteiger partial charge in [-0.3, -0.25) is 0 Å². The molecule has 0 radical (unpaired) electrons. The Morgan fingerprint density at radius 3 is 2.19 bits per heavy atom. The molecule has 0 saturated carbocycles. The third-order valence-corrected chi connectivity index (χ3v) is 8.14. The second kappa shape index (κ2) is 6.77. The van der Waals surface area contributed by atoms with E-state index in [2.05, 4.69) is 40.8 Å². The van der Waals surface area contributed by atoms with Gasteiger partial charge in [0, 0.05) is 13.2 Å². The summed E-state index contributed by atoms with van der Waals surface area (Å²) < 4.78 is 6.16. The molecule has 0 aliphatic carbocycles. The highest BCUT2D eigenvalue weighted by atomic mass is 28.4. The molecule has 0 heterocycles. The Morgan fingerprint density at radius 2 is 1.75 bits per heavy atom. The van der Waals surface area contributed by atoms with Gasteiger partial charge in [0.05, 0.1) is 0 Å². The molecule has 0 spiro atoms. The summed E-state index contributed by atoms with van der Waals surface area (Å²) in [6.45, 7) is 14.9. The predicted octanol–water partition coefficient (Wildman–Crippen LogP) is 3.81. The van der Waals surface area contributed by atoms with Crippen LogP contribution in [0.1, 0.15) is 47.0 Å². The Morgan fingerprint density at radius 1 is 1.19 bits per heavy atom. The van der Waals surface area contributed by atoms with Gasteiger partial charge in [0.1, 0.15) is 0 Å². The molecule has 0 aromatic heterocycles. The molecule has 0 saturated heterocycles. The van der Waals surface area contributed by atoms with Gasteiger partial charge < -0.3 is 9.53 Å². The first-order valence-corrected chi connectivity index (χ1v) is 9.36. The minimum atomic E-state index is -1.56. The lowest BCUT2D eigenvalue weighted by atomic mass is 10.1. The van der Waals surface area contributed by atoms with E-state index in [1.807, 2.05) is 0 Å². The van der Waals surface area contributed by atoms with Crippen molar-refractivity contribution in [1.29, 1.82) is 0 Å². The SMILES string of the molecule is C[C@@H](CCCCO)CO[Si](C)(C)C(C)(C)C. The van der Waals surface area contributed by atoms with Crippen molar-refractivity contribution in [3.63, 3.8) is 0 Å². The van der Waals surface area contributed by atoms with Gasteiger partial charge in [-0.25, -0.2) is 0 Å². The van der Waals surface area contributed by atoms with Crippen LogP contribution in [-0.4, -0.2) is 26.6 Å². The fourth-order valence-corrected chi connectivity index (χ4v) is 2.39. The summed E-state index contributed by atoms with van der Waals surface area (Å²) in [5.41, 5.74) is 0. The van der Waals surface area contributed by atoms with Gasteiger partial charge in [0.15, 0.2) is 8.32 Å². The minimum absolute atomic E-state index is 0.303. The Labute approximate surface area is 103 Å². The number of aliphatic hydroxyl groups excluding tert-OH is 1. The Hall–Kier alpha value is 0.137. The molecule has 0 aliphatic heterocycles. The van der Waals surface area contributed by atoms with E-state index < -0.39 is 8.32 Å². The van der Waals surface area contributed by atoms with Crippen molar-refractivity contribution in [3.05, 3.63) is 0 Å². The number of aliphatic hydroxyl groups is 1. The molecule has 0 aromatic carbocycles. The van der Waals surface area contributed by atoms with Gasteiger partial charge in [-0.1, -0.05) is 34.1 Å². The van der Waals surface area contributed by atoms with Gasteiger partial charge in [-0.05, 0) is 36.9 Å². The average molecular weight is 246 g/mol. The zero-order chi connectivity index (χ0) is 12.8. The van der Waals surface area contributed by atoms with Crippen LogP contribution in [0.4, 0.5) is 0 Å². The lowest BCUT2D eigenvalue weighted by Gasteiger charge is -2.37. The molecule has 0 fully saturated rings. The van der Waals surface area contributed by atoms with Crippen LogP contribution in [0.15, 0.2) is 0 Å². The number of hydrogen-bond donors (Lipinski definition) is 1. The van der Waals surface area contributed by atoms with E-state index in [1.165, 1.54) is 0 Å². The lowest BCUT2D eigenvalue weighted by Crippen LogP contribution is -2.41.